The predicted molar refractivity (Wildman–Crippen MR) is 81.6 cm³/mol. The molecule has 1 aliphatic heterocycles. The molecular weight excluding hydrogens is 296 g/mol. The topological polar surface area (TPSA) is 12.5 Å². The van der Waals surface area contributed by atoms with E-state index in [9.17, 15) is 8.78 Å². The molecule has 112 valence electrons. The Morgan fingerprint density at radius 1 is 1.33 bits per heavy atom. The third-order valence-electron chi connectivity index (χ3n) is 3.34. The second kappa shape index (κ2) is 6.31. The van der Waals surface area contributed by atoms with Crippen LogP contribution in [0.5, 0.6) is 5.75 Å². The molecule has 0 bridgehead atoms. The number of methoxy groups -OCH3 is 1. The van der Waals surface area contributed by atoms with Gasteiger partial charge in [0, 0.05) is 11.3 Å². The summed E-state index contributed by atoms with van der Waals surface area (Å²) in [5.41, 5.74) is 2.69. The van der Waals surface area contributed by atoms with E-state index in [2.05, 4.69) is 6.58 Å². The molecule has 0 radical (unpaired) electrons. The van der Waals surface area contributed by atoms with E-state index >= 15 is 0 Å². The molecule has 0 unspecified atom stereocenters. The zero-order valence-corrected chi connectivity index (χ0v) is 12.6. The number of halogens is 3. The van der Waals surface area contributed by atoms with Gasteiger partial charge in [0.05, 0.1) is 24.4 Å². The number of allylic oxidation sites excluding steroid dienone is 3. The van der Waals surface area contributed by atoms with Gasteiger partial charge in [-0.15, -0.1) is 0 Å². The summed E-state index contributed by atoms with van der Waals surface area (Å²) in [5.74, 6) is 0.617. The van der Waals surface area contributed by atoms with E-state index in [0.29, 0.717) is 27.7 Å². The van der Waals surface area contributed by atoms with Crippen molar-refractivity contribution in [3.8, 4) is 5.75 Å². The van der Waals surface area contributed by atoms with E-state index in [0.717, 1.165) is 5.57 Å². The number of rotatable bonds is 4. The first-order valence-electron chi connectivity index (χ1n) is 6.41. The van der Waals surface area contributed by atoms with Gasteiger partial charge in [-0.2, -0.15) is 0 Å². The van der Waals surface area contributed by atoms with Gasteiger partial charge in [0.25, 0.3) is 6.43 Å². The first-order chi connectivity index (χ1) is 9.93. The van der Waals surface area contributed by atoms with Crippen molar-refractivity contribution >= 4 is 17.3 Å². The molecule has 5 heteroatoms. The van der Waals surface area contributed by atoms with Crippen molar-refractivity contribution in [1.82, 2.24) is 4.90 Å². The van der Waals surface area contributed by atoms with Gasteiger partial charge >= 0.3 is 0 Å². The first kappa shape index (κ1) is 15.6. The molecule has 0 atom stereocenters. The van der Waals surface area contributed by atoms with Crippen molar-refractivity contribution < 1.29 is 13.5 Å². The molecule has 21 heavy (non-hydrogen) atoms. The monoisotopic (exact) mass is 311 g/mol. The number of nitrogens with zero attached hydrogens (tertiary/aromatic N) is 1. The van der Waals surface area contributed by atoms with Crippen molar-refractivity contribution in [2.45, 2.75) is 13.3 Å². The standard InChI is InChI=1S/C16H16ClF2NO/c1-10-4-7-15(20(11(10)2)9-16(18)19)13-6-5-12(21-3)8-14(13)17/h4-8,16H,2,9H2,1,3H3. The normalized spacial score (nSPS) is 15.1. The molecule has 2 nitrogen and oxygen atoms in total. The predicted octanol–water partition coefficient (Wildman–Crippen LogP) is 4.73. The van der Waals surface area contributed by atoms with Crippen LogP contribution in [-0.2, 0) is 0 Å². The third-order valence-corrected chi connectivity index (χ3v) is 3.65. The van der Waals surface area contributed by atoms with E-state index in [1.54, 1.807) is 31.4 Å². The van der Waals surface area contributed by atoms with Gasteiger partial charge in [-0.05, 0) is 36.8 Å². The molecule has 0 saturated heterocycles. The van der Waals surface area contributed by atoms with Crippen LogP contribution in [0, 0.1) is 0 Å². The molecule has 0 saturated carbocycles. The Labute approximate surface area is 128 Å². The Hall–Kier alpha value is -1.81. The molecule has 2 rings (SSSR count). The van der Waals surface area contributed by atoms with Crippen molar-refractivity contribution in [3.63, 3.8) is 0 Å². The highest BCUT2D eigenvalue weighted by Crippen LogP contribution is 2.35. The van der Waals surface area contributed by atoms with Crippen LogP contribution in [0.2, 0.25) is 5.02 Å². The van der Waals surface area contributed by atoms with E-state index in [1.165, 1.54) is 4.90 Å². The smallest absolute Gasteiger partial charge is 0.256 e. The fourth-order valence-electron chi connectivity index (χ4n) is 2.16. The average Bonchev–Trinajstić information content (AvgIpc) is 2.44. The van der Waals surface area contributed by atoms with Gasteiger partial charge in [-0.3, -0.25) is 0 Å². The van der Waals surface area contributed by atoms with Gasteiger partial charge in [0.15, 0.2) is 0 Å². The summed E-state index contributed by atoms with van der Waals surface area (Å²) in [6, 6.07) is 5.16. The highest BCUT2D eigenvalue weighted by atomic mass is 35.5. The molecule has 0 spiro atoms. The van der Waals surface area contributed by atoms with Gasteiger partial charge in [0.2, 0.25) is 0 Å². The second-order valence-corrected chi connectivity index (χ2v) is 5.10. The summed E-state index contributed by atoms with van der Waals surface area (Å²) in [4.78, 5) is 1.49. The minimum absolute atomic E-state index is 0.418. The summed E-state index contributed by atoms with van der Waals surface area (Å²) in [6.07, 6.45) is 1.16. The summed E-state index contributed by atoms with van der Waals surface area (Å²) >= 11 is 6.24. The van der Waals surface area contributed by atoms with Gasteiger partial charge in [-0.25, -0.2) is 8.78 Å². The van der Waals surface area contributed by atoms with E-state index in [4.69, 9.17) is 16.3 Å². The molecule has 0 fully saturated rings. The van der Waals surface area contributed by atoms with Crippen molar-refractivity contribution in [1.29, 1.82) is 0 Å². The van der Waals surface area contributed by atoms with Crippen LogP contribution in [0.15, 0.2) is 48.2 Å². The Morgan fingerprint density at radius 2 is 2.05 bits per heavy atom. The Kier molecular flexibility index (Phi) is 4.68. The fraction of sp³-hybridized carbons (Fsp3) is 0.250. The highest BCUT2D eigenvalue weighted by Gasteiger charge is 2.23. The van der Waals surface area contributed by atoms with E-state index in [-0.39, 0.29) is 0 Å². The minimum atomic E-state index is -2.46. The Balaban J connectivity index is 2.46. The maximum atomic E-state index is 12.8. The number of hydrogen-bond donors (Lipinski definition) is 0. The molecule has 0 N–H and O–H groups in total. The maximum absolute atomic E-state index is 12.8. The SMILES string of the molecule is C=C1C(C)=CC=C(c2ccc(OC)cc2Cl)N1CC(F)F. The fourth-order valence-corrected chi connectivity index (χ4v) is 2.43. The average molecular weight is 312 g/mol. The lowest BCUT2D eigenvalue weighted by molar-refractivity contribution is 0.123. The molecule has 1 aromatic carbocycles. The summed E-state index contributed by atoms with van der Waals surface area (Å²) < 4.78 is 30.8. The number of ether oxygens (including phenoxy) is 1. The number of hydrogen-bond acceptors (Lipinski definition) is 2. The maximum Gasteiger partial charge on any atom is 0.256 e. The van der Waals surface area contributed by atoms with Crippen molar-refractivity contribution in [2.24, 2.45) is 0 Å². The molecule has 0 amide bonds. The molecule has 0 aromatic heterocycles. The van der Waals surface area contributed by atoms with Crippen LogP contribution in [0.3, 0.4) is 0 Å². The third kappa shape index (κ3) is 3.27. The van der Waals surface area contributed by atoms with Crippen LogP contribution >= 0.6 is 11.6 Å². The molecule has 0 aliphatic carbocycles. The Bertz CT molecular complexity index is 623. The zero-order chi connectivity index (χ0) is 15.6. The Morgan fingerprint density at radius 3 is 2.62 bits per heavy atom. The van der Waals surface area contributed by atoms with Crippen LogP contribution in [-0.4, -0.2) is 25.0 Å². The molecular formula is C16H16ClF2NO. The van der Waals surface area contributed by atoms with Gasteiger partial charge in [-0.1, -0.05) is 24.3 Å². The first-order valence-corrected chi connectivity index (χ1v) is 6.79. The van der Waals surface area contributed by atoms with Gasteiger partial charge in [0.1, 0.15) is 5.75 Å². The number of benzene rings is 1. The quantitative estimate of drug-likeness (QED) is 0.797. The summed E-state index contributed by atoms with van der Waals surface area (Å²) in [7, 11) is 1.54. The van der Waals surface area contributed by atoms with Crippen LogP contribution < -0.4 is 4.74 Å². The lowest BCUT2D eigenvalue weighted by Gasteiger charge is -2.32. The molecule has 1 heterocycles. The number of alkyl halides is 2. The van der Waals surface area contributed by atoms with E-state index in [1.807, 2.05) is 13.0 Å². The second-order valence-electron chi connectivity index (χ2n) is 4.70. The van der Waals surface area contributed by atoms with E-state index < -0.39 is 13.0 Å². The lowest BCUT2D eigenvalue weighted by atomic mass is 10.0. The minimum Gasteiger partial charge on any atom is -0.497 e. The van der Waals surface area contributed by atoms with Crippen molar-refractivity contribution in [3.05, 3.63) is 58.8 Å². The van der Waals surface area contributed by atoms with Crippen LogP contribution in [0.1, 0.15) is 12.5 Å². The highest BCUT2D eigenvalue weighted by molar-refractivity contribution is 6.32. The van der Waals surface area contributed by atoms with Crippen molar-refractivity contribution in [2.75, 3.05) is 13.7 Å². The van der Waals surface area contributed by atoms with Crippen LogP contribution in [0.25, 0.3) is 5.70 Å². The molecule has 1 aromatic rings. The van der Waals surface area contributed by atoms with Crippen LogP contribution in [0.4, 0.5) is 8.78 Å². The summed E-state index contributed by atoms with van der Waals surface area (Å²) in [6.45, 7) is 5.30. The zero-order valence-electron chi connectivity index (χ0n) is 11.9. The largest absolute Gasteiger partial charge is 0.497 e. The summed E-state index contributed by atoms with van der Waals surface area (Å²) in [5, 5.41) is 0.445. The molecule has 1 aliphatic rings. The van der Waals surface area contributed by atoms with Gasteiger partial charge < -0.3 is 9.64 Å². The lowest BCUT2D eigenvalue weighted by Crippen LogP contribution is -2.28.